The molecule has 1 heterocycles. The van der Waals surface area contributed by atoms with Gasteiger partial charge in [0.25, 0.3) is 5.96 Å². The fraction of sp³-hybridized carbons (Fsp3) is 0.615. The third kappa shape index (κ3) is 15.5. The number of nitrogens with zero attached hydrogens (tertiary/aromatic N) is 5. The van der Waals surface area contributed by atoms with Gasteiger partial charge in [-0.3, -0.25) is 9.48 Å². The van der Waals surface area contributed by atoms with Crippen LogP contribution >= 0.6 is 7.81 Å². The Morgan fingerprint density at radius 1 is 1.08 bits per heavy atom. The Kier molecular flexibility index (Phi) is 7.99. The number of halogens is 6. The van der Waals surface area contributed by atoms with E-state index in [2.05, 4.69) is 57.7 Å². The molecule has 0 unspecified atom stereocenters. The van der Waals surface area contributed by atoms with Gasteiger partial charge in [-0.15, -0.1) is 0 Å². The third-order valence-electron chi connectivity index (χ3n) is 2.80. The molecule has 0 radical (unpaired) electrons. The summed E-state index contributed by atoms with van der Waals surface area (Å²) in [6, 6.07) is 0. The minimum atomic E-state index is -10.7. The van der Waals surface area contributed by atoms with Gasteiger partial charge in [-0.05, 0) is 18.4 Å². The van der Waals surface area contributed by atoms with E-state index in [0.29, 0.717) is 0 Å². The molecule has 1 aliphatic rings. The van der Waals surface area contributed by atoms with E-state index in [-0.39, 0.29) is 0 Å². The molecule has 5 nitrogen and oxygen atoms in total. The Balaban J connectivity index is 0.000000697. The summed E-state index contributed by atoms with van der Waals surface area (Å²) in [5.74, 6) is 0.749. The van der Waals surface area contributed by atoms with E-state index in [1.807, 2.05) is 0 Å². The predicted molar refractivity (Wildman–Crippen MR) is 88.2 cm³/mol. The topological polar surface area (TPSA) is 55.0 Å². The van der Waals surface area contributed by atoms with Gasteiger partial charge in [0.05, 0.1) is 26.2 Å². The molecular formula is C13H22F6N5P. The number of azide groups is 1. The van der Waals surface area contributed by atoms with E-state index in [1.54, 1.807) is 0 Å². The van der Waals surface area contributed by atoms with Crippen molar-refractivity contribution in [1.82, 2.24) is 4.90 Å². The molecule has 0 aromatic heterocycles. The average molecular weight is 393 g/mol. The normalized spacial score (nSPS) is 18.0. The summed E-state index contributed by atoms with van der Waals surface area (Å²) in [4.78, 5) is 5.05. The summed E-state index contributed by atoms with van der Waals surface area (Å²) in [7, 11) is -10.7. The van der Waals surface area contributed by atoms with Gasteiger partial charge in [0.1, 0.15) is 0 Å². The van der Waals surface area contributed by atoms with E-state index in [4.69, 9.17) is 5.53 Å². The van der Waals surface area contributed by atoms with Crippen molar-refractivity contribution in [3.8, 4) is 0 Å². The van der Waals surface area contributed by atoms with Gasteiger partial charge in [0.2, 0.25) is 0 Å². The Hall–Kier alpha value is -1.73. The van der Waals surface area contributed by atoms with Gasteiger partial charge in [0.15, 0.2) is 0 Å². The molecule has 0 aliphatic carbocycles. The van der Waals surface area contributed by atoms with Crippen molar-refractivity contribution < 1.29 is 29.8 Å². The molecular weight excluding hydrogens is 371 g/mol. The molecule has 0 saturated heterocycles. The number of guanidine groups is 1. The van der Waals surface area contributed by atoms with Crippen molar-refractivity contribution in [2.45, 2.75) is 26.7 Å². The zero-order valence-corrected chi connectivity index (χ0v) is 14.9. The second-order valence-electron chi connectivity index (χ2n) is 5.10. The summed E-state index contributed by atoms with van der Waals surface area (Å²) < 4.78 is 61.3. The Morgan fingerprint density at radius 2 is 1.60 bits per heavy atom. The Bertz CT molecular complexity index is 563. The Labute approximate surface area is 142 Å². The van der Waals surface area contributed by atoms with E-state index in [0.717, 1.165) is 45.0 Å². The fourth-order valence-corrected chi connectivity index (χ4v) is 1.89. The van der Waals surface area contributed by atoms with Crippen LogP contribution in [0.3, 0.4) is 0 Å². The van der Waals surface area contributed by atoms with Gasteiger partial charge in [-0.2, -0.15) is 0 Å². The molecule has 0 aromatic rings. The van der Waals surface area contributed by atoms with Crippen molar-refractivity contribution in [2.24, 2.45) is 5.11 Å². The zero-order chi connectivity index (χ0) is 19.6. The van der Waals surface area contributed by atoms with Crippen LogP contribution in [0.4, 0.5) is 25.2 Å². The number of rotatable bonds is 6. The van der Waals surface area contributed by atoms with Gasteiger partial charge >= 0.3 is 33.0 Å². The molecule has 0 fully saturated rings. The van der Waals surface area contributed by atoms with Crippen LogP contribution in [-0.2, 0) is 0 Å². The van der Waals surface area contributed by atoms with Crippen LogP contribution in [-0.4, -0.2) is 41.6 Å². The summed E-state index contributed by atoms with van der Waals surface area (Å²) in [5.41, 5.74) is 8.65. The van der Waals surface area contributed by atoms with Crippen molar-refractivity contribution in [2.75, 3.05) is 26.2 Å². The SMILES string of the molecule is CC/C=C/CN1CC[N+](C/C=C/CC)=C1N=[N+]=[N-].F[P-](F)(F)(F)(F)F. The molecule has 12 heteroatoms. The first kappa shape index (κ1) is 23.3. The molecule has 146 valence electrons. The van der Waals surface area contributed by atoms with Crippen LogP contribution in [0.2, 0.25) is 0 Å². The van der Waals surface area contributed by atoms with E-state index < -0.39 is 7.81 Å². The van der Waals surface area contributed by atoms with E-state index >= 15 is 0 Å². The van der Waals surface area contributed by atoms with Crippen LogP contribution in [0.15, 0.2) is 29.4 Å². The summed E-state index contributed by atoms with van der Waals surface area (Å²) >= 11 is 0. The van der Waals surface area contributed by atoms with E-state index in [1.165, 1.54) is 0 Å². The third-order valence-corrected chi connectivity index (χ3v) is 2.80. The van der Waals surface area contributed by atoms with Crippen LogP contribution in [0.1, 0.15) is 26.7 Å². The van der Waals surface area contributed by atoms with Crippen LogP contribution in [0.5, 0.6) is 0 Å². The van der Waals surface area contributed by atoms with Crippen molar-refractivity contribution in [1.29, 1.82) is 0 Å². The maximum atomic E-state index is 9.87. The van der Waals surface area contributed by atoms with Gasteiger partial charge < -0.3 is 0 Å². The summed E-state index contributed by atoms with van der Waals surface area (Å²) in [6.07, 6.45) is 10.6. The number of allylic oxidation sites excluding steroid dienone is 2. The molecule has 0 atom stereocenters. The molecule has 0 bridgehead atoms. The molecule has 0 amide bonds. The van der Waals surface area contributed by atoms with Crippen molar-refractivity contribution in [3.05, 3.63) is 34.7 Å². The standard InChI is InChI=1S/C13H22N5.F6P/c1-3-5-7-9-17-11-12-18(10-8-6-4-2)13(17)15-16-14;1-7(2,3,4,5)6/h5-8H,3-4,9-12H2,1-2H3;/q+1;-1/b7-5+,8-6+;. The Morgan fingerprint density at radius 3 is 2.08 bits per heavy atom. The van der Waals surface area contributed by atoms with Crippen LogP contribution in [0, 0.1) is 0 Å². The fourth-order valence-electron chi connectivity index (χ4n) is 1.89. The van der Waals surface area contributed by atoms with Crippen molar-refractivity contribution >= 4 is 13.8 Å². The number of hydrogen-bond acceptors (Lipinski definition) is 2. The molecule has 0 saturated carbocycles. The first-order valence-electron chi connectivity index (χ1n) is 7.56. The van der Waals surface area contributed by atoms with Gasteiger partial charge in [0, 0.05) is 10.0 Å². The van der Waals surface area contributed by atoms with Crippen molar-refractivity contribution in [3.63, 3.8) is 0 Å². The molecule has 25 heavy (non-hydrogen) atoms. The average Bonchev–Trinajstić information content (AvgIpc) is 2.79. The quantitative estimate of drug-likeness (QED) is 0.0994. The van der Waals surface area contributed by atoms with Gasteiger partial charge in [-0.1, -0.05) is 38.2 Å². The first-order valence-corrected chi connectivity index (χ1v) is 9.59. The van der Waals surface area contributed by atoms with Crippen LogP contribution < -0.4 is 0 Å². The minimum absolute atomic E-state index is 0.749. The predicted octanol–water partition coefficient (Wildman–Crippen LogP) is 6.30. The van der Waals surface area contributed by atoms with Gasteiger partial charge in [-0.25, -0.2) is 0 Å². The first-order chi connectivity index (χ1) is 11.3. The second kappa shape index (κ2) is 8.58. The monoisotopic (exact) mass is 393 g/mol. The molecule has 1 aliphatic heterocycles. The zero-order valence-electron chi connectivity index (χ0n) is 14.0. The summed E-state index contributed by atoms with van der Waals surface area (Å²) in [6.45, 7) is 7.69. The molecule has 0 aromatic carbocycles. The van der Waals surface area contributed by atoms with Crippen LogP contribution in [0.25, 0.3) is 10.4 Å². The second-order valence-corrected chi connectivity index (χ2v) is 7.02. The van der Waals surface area contributed by atoms with E-state index in [9.17, 15) is 25.2 Å². The summed E-state index contributed by atoms with van der Waals surface area (Å²) in [5, 5.41) is 3.83. The molecule has 0 N–H and O–H groups in total. The molecule has 1 rings (SSSR count). The number of hydrogen-bond donors (Lipinski definition) is 0. The maximum absolute atomic E-state index is 10.7. The molecule has 0 spiro atoms.